The number of carbonyl (C=O) groups excluding carboxylic acids is 1. The van der Waals surface area contributed by atoms with Crippen molar-refractivity contribution in [1.82, 2.24) is 5.43 Å². The number of allylic oxidation sites excluding steroid dienone is 7. The van der Waals surface area contributed by atoms with Gasteiger partial charge in [0.1, 0.15) is 18.1 Å². The minimum Gasteiger partial charge on any atom is -0.487 e. The van der Waals surface area contributed by atoms with Crippen LogP contribution in [0.3, 0.4) is 0 Å². The van der Waals surface area contributed by atoms with Crippen molar-refractivity contribution >= 4 is 11.6 Å². The summed E-state index contributed by atoms with van der Waals surface area (Å²) in [5, 5.41) is 4.06. The second kappa shape index (κ2) is 8.54. The van der Waals surface area contributed by atoms with Gasteiger partial charge in [-0.15, -0.1) is 0 Å². The molecule has 1 aliphatic heterocycles. The molecule has 0 fully saturated rings. The summed E-state index contributed by atoms with van der Waals surface area (Å²) in [6.45, 7) is 4.12. The van der Waals surface area contributed by atoms with Crippen LogP contribution in [0.2, 0.25) is 0 Å². The smallest absolute Gasteiger partial charge is 0.273 e. The lowest BCUT2D eigenvalue weighted by Gasteiger charge is -2.06. The Morgan fingerprint density at radius 3 is 2.70 bits per heavy atom. The molecule has 1 aromatic rings. The van der Waals surface area contributed by atoms with Crippen LogP contribution in [0.25, 0.3) is 0 Å². The van der Waals surface area contributed by atoms with Crippen molar-refractivity contribution < 1.29 is 9.53 Å². The number of hydrogen-bond acceptors (Lipinski definition) is 3. The highest BCUT2D eigenvalue weighted by molar-refractivity contribution is 6.25. The van der Waals surface area contributed by atoms with E-state index < -0.39 is 0 Å². The van der Waals surface area contributed by atoms with E-state index in [1.807, 2.05) is 80.6 Å². The molecule has 0 radical (unpaired) electrons. The van der Waals surface area contributed by atoms with Crippen LogP contribution in [-0.4, -0.2) is 18.2 Å². The molecule has 4 heteroatoms. The molecular weight excluding hydrogens is 288 g/mol. The standard InChI is InChI=1S/C19H20N2O2/c1-3-5-7-10-15(4-2)13-17-18(20-21-19(17)22)14-23-16-11-8-6-9-12-16/h3-13H,14H2,1-2H3,(H,21,22)/b5-3-,10-7-,15-4+,17-13+. The fraction of sp³-hybridized carbons (Fsp3) is 0.158. The number of ether oxygens (including phenoxy) is 1. The van der Waals surface area contributed by atoms with Crippen molar-refractivity contribution in [3.63, 3.8) is 0 Å². The van der Waals surface area contributed by atoms with E-state index in [2.05, 4.69) is 10.5 Å². The molecule has 0 spiro atoms. The van der Waals surface area contributed by atoms with Gasteiger partial charge in [0.25, 0.3) is 5.91 Å². The summed E-state index contributed by atoms with van der Waals surface area (Å²) in [6.07, 6.45) is 11.5. The van der Waals surface area contributed by atoms with Crippen LogP contribution in [-0.2, 0) is 4.79 Å². The van der Waals surface area contributed by atoms with E-state index in [-0.39, 0.29) is 12.5 Å². The second-order valence-corrected chi connectivity index (χ2v) is 4.83. The van der Waals surface area contributed by atoms with Gasteiger partial charge < -0.3 is 4.74 Å². The Morgan fingerprint density at radius 1 is 1.22 bits per heavy atom. The van der Waals surface area contributed by atoms with E-state index in [1.165, 1.54) is 0 Å². The van der Waals surface area contributed by atoms with Gasteiger partial charge in [0.2, 0.25) is 0 Å². The van der Waals surface area contributed by atoms with Crippen LogP contribution in [0.4, 0.5) is 0 Å². The molecule has 1 N–H and O–H groups in total. The molecule has 0 aromatic heterocycles. The first-order chi connectivity index (χ1) is 11.2. The van der Waals surface area contributed by atoms with E-state index in [0.29, 0.717) is 11.3 Å². The zero-order chi connectivity index (χ0) is 16.5. The third-order valence-corrected chi connectivity index (χ3v) is 3.20. The number of nitrogens with one attached hydrogen (secondary N) is 1. The number of nitrogens with zero attached hydrogens (tertiary/aromatic N) is 1. The maximum atomic E-state index is 12.0. The summed E-state index contributed by atoms with van der Waals surface area (Å²) in [5.41, 5.74) is 4.54. The highest BCUT2D eigenvalue weighted by Crippen LogP contribution is 2.14. The average molecular weight is 308 g/mol. The maximum absolute atomic E-state index is 12.0. The predicted molar refractivity (Wildman–Crippen MR) is 93.3 cm³/mol. The molecule has 2 rings (SSSR count). The Balaban J connectivity index is 2.10. The summed E-state index contributed by atoms with van der Waals surface area (Å²) in [6, 6.07) is 9.45. The van der Waals surface area contributed by atoms with Crippen molar-refractivity contribution in [2.45, 2.75) is 13.8 Å². The molecule has 1 aliphatic rings. The summed E-state index contributed by atoms with van der Waals surface area (Å²) >= 11 is 0. The van der Waals surface area contributed by atoms with Gasteiger partial charge in [0.15, 0.2) is 0 Å². The molecule has 1 aromatic carbocycles. The Labute approximate surface area is 136 Å². The molecule has 0 bridgehead atoms. The maximum Gasteiger partial charge on any atom is 0.273 e. The van der Waals surface area contributed by atoms with Crippen LogP contribution in [0, 0.1) is 0 Å². The number of para-hydroxylation sites is 1. The summed E-state index contributed by atoms with van der Waals surface area (Å²) in [5.74, 6) is 0.531. The fourth-order valence-electron chi connectivity index (χ4n) is 1.97. The monoisotopic (exact) mass is 308 g/mol. The molecule has 0 atom stereocenters. The zero-order valence-electron chi connectivity index (χ0n) is 13.3. The van der Waals surface area contributed by atoms with Crippen molar-refractivity contribution in [1.29, 1.82) is 0 Å². The lowest BCUT2D eigenvalue weighted by Crippen LogP contribution is -2.16. The van der Waals surface area contributed by atoms with Crippen LogP contribution in [0.15, 0.2) is 83.0 Å². The Bertz CT molecular complexity index is 695. The highest BCUT2D eigenvalue weighted by atomic mass is 16.5. The minimum absolute atomic E-state index is 0.213. The second-order valence-electron chi connectivity index (χ2n) is 4.83. The fourth-order valence-corrected chi connectivity index (χ4v) is 1.97. The van der Waals surface area contributed by atoms with Gasteiger partial charge in [-0.05, 0) is 37.6 Å². The van der Waals surface area contributed by atoms with E-state index >= 15 is 0 Å². The number of amides is 1. The summed E-state index contributed by atoms with van der Waals surface area (Å²) in [7, 11) is 0. The normalized spacial score (nSPS) is 17.1. The van der Waals surface area contributed by atoms with Crippen LogP contribution < -0.4 is 10.2 Å². The van der Waals surface area contributed by atoms with Crippen molar-refractivity contribution in [2.24, 2.45) is 5.10 Å². The molecule has 4 nitrogen and oxygen atoms in total. The summed E-state index contributed by atoms with van der Waals surface area (Å²) in [4.78, 5) is 12.0. The average Bonchev–Trinajstić information content (AvgIpc) is 2.93. The van der Waals surface area contributed by atoms with Crippen LogP contribution in [0.5, 0.6) is 5.75 Å². The Morgan fingerprint density at radius 2 is 2.00 bits per heavy atom. The predicted octanol–water partition coefficient (Wildman–Crippen LogP) is 3.56. The van der Waals surface area contributed by atoms with Gasteiger partial charge in [-0.1, -0.05) is 48.6 Å². The molecule has 0 saturated carbocycles. The van der Waals surface area contributed by atoms with Gasteiger partial charge in [0, 0.05) is 0 Å². The molecule has 23 heavy (non-hydrogen) atoms. The Kier molecular flexibility index (Phi) is 6.12. The molecule has 0 saturated heterocycles. The number of benzene rings is 1. The SMILES string of the molecule is C\C=C/C=C\C(=C/C)\C=C1\C(=O)NN=C1COc1ccccc1. The first-order valence-corrected chi connectivity index (χ1v) is 7.47. The zero-order valence-corrected chi connectivity index (χ0v) is 13.3. The summed E-state index contributed by atoms with van der Waals surface area (Å²) < 4.78 is 5.67. The minimum atomic E-state index is -0.213. The molecular formula is C19H20N2O2. The first kappa shape index (κ1) is 16.5. The van der Waals surface area contributed by atoms with E-state index in [4.69, 9.17) is 4.74 Å². The van der Waals surface area contributed by atoms with Gasteiger partial charge in [0.05, 0.1) is 5.57 Å². The molecule has 0 aliphatic carbocycles. The van der Waals surface area contributed by atoms with Crippen molar-refractivity contribution in [2.75, 3.05) is 6.61 Å². The third-order valence-electron chi connectivity index (χ3n) is 3.20. The molecule has 1 heterocycles. The highest BCUT2D eigenvalue weighted by Gasteiger charge is 2.23. The van der Waals surface area contributed by atoms with Crippen molar-refractivity contribution in [3.8, 4) is 5.75 Å². The number of rotatable bonds is 6. The van der Waals surface area contributed by atoms with Crippen LogP contribution >= 0.6 is 0 Å². The number of carbonyl (C=O) groups is 1. The lowest BCUT2D eigenvalue weighted by molar-refractivity contribution is -0.116. The topological polar surface area (TPSA) is 50.7 Å². The van der Waals surface area contributed by atoms with Crippen LogP contribution in [0.1, 0.15) is 13.8 Å². The first-order valence-electron chi connectivity index (χ1n) is 7.47. The van der Waals surface area contributed by atoms with Gasteiger partial charge >= 0.3 is 0 Å². The Hall–Kier alpha value is -2.88. The lowest BCUT2D eigenvalue weighted by atomic mass is 10.1. The quantitative estimate of drug-likeness (QED) is 0.645. The van der Waals surface area contributed by atoms with E-state index in [0.717, 1.165) is 11.3 Å². The molecule has 1 amide bonds. The van der Waals surface area contributed by atoms with Gasteiger partial charge in [-0.3, -0.25) is 4.79 Å². The van der Waals surface area contributed by atoms with E-state index in [9.17, 15) is 4.79 Å². The molecule has 118 valence electrons. The van der Waals surface area contributed by atoms with Gasteiger partial charge in [-0.25, -0.2) is 5.43 Å². The van der Waals surface area contributed by atoms with E-state index in [1.54, 1.807) is 0 Å². The number of hydrogen-bond donors (Lipinski definition) is 1. The largest absolute Gasteiger partial charge is 0.487 e. The number of hydrazone groups is 1. The van der Waals surface area contributed by atoms with Crippen molar-refractivity contribution in [3.05, 3.63) is 77.9 Å². The molecule has 0 unspecified atom stereocenters. The van der Waals surface area contributed by atoms with Gasteiger partial charge in [-0.2, -0.15) is 5.10 Å². The third kappa shape index (κ3) is 4.81.